The number of rotatable bonds is 5. The summed E-state index contributed by atoms with van der Waals surface area (Å²) in [6.45, 7) is 3.81. The predicted molar refractivity (Wildman–Crippen MR) is 113 cm³/mol. The first-order valence-electron chi connectivity index (χ1n) is 9.57. The lowest BCUT2D eigenvalue weighted by Crippen LogP contribution is -2.48. The van der Waals surface area contributed by atoms with Crippen LogP contribution < -0.4 is 4.74 Å². The molecule has 0 bridgehead atoms. The van der Waals surface area contributed by atoms with E-state index in [1.165, 1.54) is 5.56 Å². The van der Waals surface area contributed by atoms with Crippen LogP contribution in [0.15, 0.2) is 61.2 Å². The zero-order valence-electron chi connectivity index (χ0n) is 16.3. The van der Waals surface area contributed by atoms with Gasteiger partial charge in [-0.3, -0.25) is 14.7 Å². The summed E-state index contributed by atoms with van der Waals surface area (Å²) in [5.41, 5.74) is 2.46. The highest BCUT2D eigenvalue weighted by Gasteiger charge is 2.25. The van der Waals surface area contributed by atoms with E-state index >= 15 is 0 Å². The quantitative estimate of drug-likeness (QED) is 0.646. The molecule has 0 saturated carbocycles. The molecular formula is C22H23ClN4O2. The fraction of sp³-hybridized carbons (Fsp3) is 0.273. The molecule has 2 aromatic heterocycles. The topological polar surface area (TPSA) is 50.6 Å². The summed E-state index contributed by atoms with van der Waals surface area (Å²) < 4.78 is 7.41. The molecule has 0 spiro atoms. The second-order valence-electron chi connectivity index (χ2n) is 7.02. The van der Waals surface area contributed by atoms with E-state index < -0.39 is 0 Å². The molecule has 0 N–H and O–H groups in total. The van der Waals surface area contributed by atoms with Crippen molar-refractivity contribution in [2.75, 3.05) is 33.3 Å². The van der Waals surface area contributed by atoms with Gasteiger partial charge < -0.3 is 14.2 Å². The van der Waals surface area contributed by atoms with E-state index in [1.54, 1.807) is 19.4 Å². The molecule has 4 rings (SSSR count). The molecule has 1 amide bonds. The number of carbonyl (C=O) groups excluding carboxylic acids is 1. The first-order chi connectivity index (χ1) is 14.2. The summed E-state index contributed by atoms with van der Waals surface area (Å²) in [5, 5.41) is 0.514. The summed E-state index contributed by atoms with van der Waals surface area (Å²) in [6.07, 6.45) is 7.48. The van der Waals surface area contributed by atoms with E-state index in [1.807, 2.05) is 52.3 Å². The van der Waals surface area contributed by atoms with Crippen LogP contribution in [-0.4, -0.2) is 58.5 Å². The average Bonchev–Trinajstić information content (AvgIpc) is 3.29. The van der Waals surface area contributed by atoms with Crippen LogP contribution in [0.25, 0.3) is 5.69 Å². The molecule has 0 aliphatic carbocycles. The van der Waals surface area contributed by atoms with Crippen molar-refractivity contribution in [3.05, 3.63) is 77.3 Å². The Labute approximate surface area is 175 Å². The summed E-state index contributed by atoms with van der Waals surface area (Å²) in [6, 6.07) is 11.4. The average molecular weight is 411 g/mol. The minimum Gasteiger partial charge on any atom is -0.496 e. The predicted octanol–water partition coefficient (Wildman–Crippen LogP) is 3.49. The van der Waals surface area contributed by atoms with Gasteiger partial charge in [0.15, 0.2) is 0 Å². The highest BCUT2D eigenvalue weighted by atomic mass is 35.5. The molecule has 1 aliphatic rings. The largest absolute Gasteiger partial charge is 0.496 e. The van der Waals surface area contributed by atoms with Gasteiger partial charge in [-0.2, -0.15) is 0 Å². The maximum atomic E-state index is 13.1. The van der Waals surface area contributed by atoms with E-state index in [-0.39, 0.29) is 5.91 Å². The molecule has 1 saturated heterocycles. The van der Waals surface area contributed by atoms with Gasteiger partial charge in [-0.25, -0.2) is 0 Å². The number of benzene rings is 1. The molecule has 0 atom stereocenters. The first kappa shape index (κ1) is 19.5. The van der Waals surface area contributed by atoms with Crippen molar-refractivity contribution in [2.45, 2.75) is 6.54 Å². The monoisotopic (exact) mass is 410 g/mol. The van der Waals surface area contributed by atoms with E-state index in [4.69, 9.17) is 16.3 Å². The van der Waals surface area contributed by atoms with Crippen molar-refractivity contribution in [3.8, 4) is 11.4 Å². The van der Waals surface area contributed by atoms with Crippen LogP contribution in [0.1, 0.15) is 15.9 Å². The van der Waals surface area contributed by atoms with Crippen molar-refractivity contribution < 1.29 is 9.53 Å². The van der Waals surface area contributed by atoms with Gasteiger partial charge in [-0.1, -0.05) is 17.7 Å². The minimum absolute atomic E-state index is 0.0520. The number of pyridine rings is 1. The number of aromatic nitrogens is 2. The van der Waals surface area contributed by atoms with Gasteiger partial charge in [0.1, 0.15) is 5.75 Å². The van der Waals surface area contributed by atoms with Gasteiger partial charge in [-0.15, -0.1) is 0 Å². The van der Waals surface area contributed by atoms with E-state index in [2.05, 4.69) is 16.0 Å². The van der Waals surface area contributed by atoms with Crippen molar-refractivity contribution in [3.63, 3.8) is 0 Å². The summed E-state index contributed by atoms with van der Waals surface area (Å²) >= 11 is 6.48. The molecule has 150 valence electrons. The van der Waals surface area contributed by atoms with Crippen LogP contribution >= 0.6 is 11.6 Å². The third kappa shape index (κ3) is 4.28. The van der Waals surface area contributed by atoms with Gasteiger partial charge >= 0.3 is 0 Å². The highest BCUT2D eigenvalue weighted by molar-refractivity contribution is 6.33. The van der Waals surface area contributed by atoms with Gasteiger partial charge in [-0.05, 0) is 29.8 Å². The van der Waals surface area contributed by atoms with Gasteiger partial charge in [0.05, 0.1) is 23.4 Å². The third-order valence-corrected chi connectivity index (χ3v) is 5.47. The van der Waals surface area contributed by atoms with Crippen molar-refractivity contribution in [1.29, 1.82) is 0 Å². The van der Waals surface area contributed by atoms with Crippen LogP contribution in [0.3, 0.4) is 0 Å². The Balaban J connectivity index is 1.46. The molecule has 1 aromatic carbocycles. The zero-order chi connectivity index (χ0) is 20.2. The van der Waals surface area contributed by atoms with Crippen molar-refractivity contribution >= 4 is 17.5 Å². The van der Waals surface area contributed by atoms with Crippen molar-refractivity contribution in [2.24, 2.45) is 0 Å². The van der Waals surface area contributed by atoms with Gasteiger partial charge in [0.2, 0.25) is 0 Å². The molecule has 1 fully saturated rings. The fourth-order valence-electron chi connectivity index (χ4n) is 3.60. The number of ether oxygens (including phenoxy) is 1. The van der Waals surface area contributed by atoms with E-state index in [0.29, 0.717) is 29.4 Å². The number of piperazine rings is 1. The number of nitrogens with zero attached hydrogens (tertiary/aromatic N) is 4. The first-order valence-corrected chi connectivity index (χ1v) is 9.95. The summed E-state index contributed by atoms with van der Waals surface area (Å²) in [4.78, 5) is 21.5. The molecule has 0 unspecified atom stereocenters. The molecule has 0 radical (unpaired) electrons. The Morgan fingerprint density at radius 3 is 2.55 bits per heavy atom. The summed E-state index contributed by atoms with van der Waals surface area (Å²) in [5.74, 6) is 0.477. The third-order valence-electron chi connectivity index (χ3n) is 5.17. The number of amides is 1. The Hall–Kier alpha value is -2.83. The van der Waals surface area contributed by atoms with Gasteiger partial charge in [0.25, 0.3) is 5.91 Å². The molecular weight excluding hydrogens is 388 g/mol. The molecule has 1 aliphatic heterocycles. The molecule has 7 heteroatoms. The maximum absolute atomic E-state index is 13.1. The normalized spacial score (nSPS) is 14.8. The second kappa shape index (κ2) is 8.68. The van der Waals surface area contributed by atoms with Crippen LogP contribution in [-0.2, 0) is 6.54 Å². The molecule has 3 aromatic rings. The number of carbonyl (C=O) groups is 1. The molecule has 6 nitrogen and oxygen atoms in total. The Morgan fingerprint density at radius 2 is 1.90 bits per heavy atom. The smallest absolute Gasteiger partial charge is 0.257 e. The number of halogens is 1. The number of hydrogen-bond acceptors (Lipinski definition) is 4. The number of methoxy groups -OCH3 is 1. The minimum atomic E-state index is -0.0520. The molecule has 29 heavy (non-hydrogen) atoms. The van der Waals surface area contributed by atoms with Gasteiger partial charge in [0, 0.05) is 63.6 Å². The zero-order valence-corrected chi connectivity index (χ0v) is 17.0. The van der Waals surface area contributed by atoms with Crippen LogP contribution in [0.2, 0.25) is 5.02 Å². The Morgan fingerprint density at radius 1 is 1.14 bits per heavy atom. The maximum Gasteiger partial charge on any atom is 0.257 e. The van der Waals surface area contributed by atoms with E-state index in [0.717, 1.165) is 25.3 Å². The van der Waals surface area contributed by atoms with Crippen LogP contribution in [0.5, 0.6) is 5.75 Å². The number of hydrogen-bond donors (Lipinski definition) is 0. The SMILES string of the molecule is COc1cc(-n2cccc2)c(Cl)cc1C(=O)N1CCN(Cc2cccnc2)CC1. The highest BCUT2D eigenvalue weighted by Crippen LogP contribution is 2.31. The lowest BCUT2D eigenvalue weighted by molar-refractivity contribution is 0.0625. The van der Waals surface area contributed by atoms with Crippen molar-refractivity contribution in [1.82, 2.24) is 19.4 Å². The lowest BCUT2D eigenvalue weighted by atomic mass is 10.1. The summed E-state index contributed by atoms with van der Waals surface area (Å²) in [7, 11) is 1.57. The Bertz CT molecular complexity index is 968. The lowest BCUT2D eigenvalue weighted by Gasteiger charge is -2.35. The molecule has 3 heterocycles. The standard InChI is InChI=1S/C22H23ClN4O2/c1-29-21-14-20(26-7-2-3-8-26)19(23)13-18(21)22(28)27-11-9-25(10-12-27)16-17-5-4-6-24-15-17/h2-8,13-15H,9-12,16H2,1H3. The Kier molecular flexibility index (Phi) is 5.83. The fourth-order valence-corrected chi connectivity index (χ4v) is 3.86. The van der Waals surface area contributed by atoms with E-state index in [9.17, 15) is 4.79 Å². The van der Waals surface area contributed by atoms with Crippen LogP contribution in [0, 0.1) is 0 Å². The second-order valence-corrected chi connectivity index (χ2v) is 7.43. The van der Waals surface area contributed by atoms with Crippen LogP contribution in [0.4, 0.5) is 0 Å².